The molecule has 0 amide bonds. The number of carboxylic acid groups (broad SMARTS) is 1. The van der Waals surface area contributed by atoms with Crippen molar-refractivity contribution in [1.29, 1.82) is 0 Å². The molecule has 0 radical (unpaired) electrons. The highest BCUT2D eigenvalue weighted by atomic mass is 16.8. The first kappa shape index (κ1) is 62.2. The van der Waals surface area contributed by atoms with Crippen LogP contribution in [-0.4, -0.2) is 227 Å². The summed E-state index contributed by atoms with van der Waals surface area (Å²) in [5.41, 5.74) is -3.78. The molecule has 3 heterocycles. The van der Waals surface area contributed by atoms with Gasteiger partial charge in [0.05, 0.1) is 44.1 Å². The van der Waals surface area contributed by atoms with Gasteiger partial charge in [0.1, 0.15) is 79.4 Å². The summed E-state index contributed by atoms with van der Waals surface area (Å²) in [6, 6.07) is 0. The Morgan fingerprint density at radius 2 is 1.24 bits per heavy atom. The lowest BCUT2D eigenvalue weighted by Gasteiger charge is -2.72. The van der Waals surface area contributed by atoms with Gasteiger partial charge in [-0.2, -0.15) is 0 Å². The lowest BCUT2D eigenvalue weighted by atomic mass is 9.33. The smallest absolute Gasteiger partial charge is 0.335 e. The van der Waals surface area contributed by atoms with E-state index in [1.165, 1.54) is 6.92 Å². The number of carbonyl (C=O) groups excluding carboxylic acids is 2. The SMILES string of the molecule is CC=C(C)C(=O)O[C@H]1[C@H](OC(C)=O)[C@]2(CO)[C@H](O)C[C@@]3(C)C(=CC[C@@H]4[C@@]5(C)CC[C@H](O[C@H]6O[C@H](C(=O)O)[C@H](O[C@H]7O[C@H](CO)[C@@H](O)[C@H](O)[C@H]7O)[C@H](O)[C@@H]6O[C@@H]6O[C@H](CO)[C@@H](O)[C@H](O)[C@H]6O)[C@](C)(CO)[C@@H]5CC[C@]43C)[C@@H]2CC1(C)C. The minimum Gasteiger partial charge on any atom is -0.479 e. The summed E-state index contributed by atoms with van der Waals surface area (Å²) >= 11 is 0. The molecule has 7 fully saturated rings. The van der Waals surface area contributed by atoms with E-state index in [0.29, 0.717) is 37.7 Å². The number of fused-ring (bicyclic) bond motifs is 7. The van der Waals surface area contributed by atoms with Crippen molar-refractivity contribution in [2.75, 3.05) is 26.4 Å². The predicted molar refractivity (Wildman–Crippen MR) is 269 cm³/mol. The van der Waals surface area contributed by atoms with E-state index in [-0.39, 0.29) is 24.7 Å². The number of esters is 2. The zero-order chi connectivity index (χ0) is 58.4. The fraction of sp³-hybridized carbons (Fsp3) is 0.873. The van der Waals surface area contributed by atoms with Crippen molar-refractivity contribution in [2.45, 2.75) is 224 Å². The molecule has 450 valence electrons. The Morgan fingerprint density at radius 1 is 0.658 bits per heavy atom. The summed E-state index contributed by atoms with van der Waals surface area (Å²) in [5, 5.41) is 143. The average Bonchev–Trinajstić information content (AvgIpc) is 3.29. The molecule has 8 rings (SSSR count). The van der Waals surface area contributed by atoms with Crippen LogP contribution in [0.1, 0.15) is 107 Å². The minimum atomic E-state index is -2.18. The van der Waals surface area contributed by atoms with Crippen LogP contribution in [0.15, 0.2) is 23.3 Å². The van der Waals surface area contributed by atoms with Crippen LogP contribution in [0, 0.1) is 50.2 Å². The van der Waals surface area contributed by atoms with Gasteiger partial charge in [-0.1, -0.05) is 59.3 Å². The van der Waals surface area contributed by atoms with Crippen molar-refractivity contribution in [1.82, 2.24) is 0 Å². The number of rotatable bonds is 14. The zero-order valence-electron chi connectivity index (χ0n) is 46.4. The summed E-state index contributed by atoms with van der Waals surface area (Å²) in [5.74, 6) is -3.88. The summed E-state index contributed by atoms with van der Waals surface area (Å²) < 4.78 is 48.2. The Labute approximate surface area is 459 Å². The Kier molecular flexibility index (Phi) is 17.8. The lowest BCUT2D eigenvalue weighted by Crippen LogP contribution is -2.72. The van der Waals surface area contributed by atoms with Gasteiger partial charge in [0.25, 0.3) is 0 Å². The molecule has 3 saturated heterocycles. The van der Waals surface area contributed by atoms with Crippen LogP contribution in [-0.2, 0) is 52.3 Å². The second kappa shape index (κ2) is 22.6. The van der Waals surface area contributed by atoms with Gasteiger partial charge in [0, 0.05) is 23.3 Å². The highest BCUT2D eigenvalue weighted by molar-refractivity contribution is 5.87. The van der Waals surface area contributed by atoms with Crippen molar-refractivity contribution >= 4 is 17.9 Å². The highest BCUT2D eigenvalue weighted by Gasteiger charge is 2.74. The number of aliphatic carboxylic acids is 1. The molecule has 4 saturated carbocycles. The first-order chi connectivity index (χ1) is 36.9. The molecule has 0 spiro atoms. The van der Waals surface area contributed by atoms with Gasteiger partial charge in [-0.25, -0.2) is 9.59 Å². The van der Waals surface area contributed by atoms with E-state index >= 15 is 0 Å². The number of hydrogen-bond acceptors (Lipinski definition) is 23. The molecule has 0 bridgehead atoms. The maximum absolute atomic E-state index is 13.4. The van der Waals surface area contributed by atoms with Gasteiger partial charge in [0.15, 0.2) is 25.0 Å². The highest BCUT2D eigenvalue weighted by Crippen LogP contribution is 2.76. The third-order valence-corrected chi connectivity index (χ3v) is 21.1. The van der Waals surface area contributed by atoms with E-state index in [1.54, 1.807) is 19.9 Å². The largest absolute Gasteiger partial charge is 0.479 e. The minimum absolute atomic E-state index is 0.0849. The first-order valence-electron chi connectivity index (χ1n) is 27.7. The molecule has 27 atom stereocenters. The normalized spacial score (nSPS) is 50.6. The van der Waals surface area contributed by atoms with Crippen LogP contribution < -0.4 is 0 Å². The van der Waals surface area contributed by atoms with Crippen molar-refractivity contribution in [3.05, 3.63) is 23.3 Å². The van der Waals surface area contributed by atoms with Crippen molar-refractivity contribution < 1.29 is 119 Å². The number of aliphatic hydroxyl groups excluding tert-OH is 12. The number of hydrogen-bond donors (Lipinski definition) is 13. The fourth-order valence-corrected chi connectivity index (χ4v) is 16.2. The Bertz CT molecular complexity index is 2290. The molecular formula is C55H86O24. The maximum atomic E-state index is 13.4. The second-order valence-electron chi connectivity index (χ2n) is 25.5. The number of ether oxygens (including phenoxy) is 8. The van der Waals surface area contributed by atoms with Gasteiger partial charge in [0.2, 0.25) is 0 Å². The van der Waals surface area contributed by atoms with E-state index in [1.807, 2.05) is 20.8 Å². The Balaban J connectivity index is 1.12. The maximum Gasteiger partial charge on any atom is 0.335 e. The standard InChI is InChI=1S/C55H86O24/c1-10-23(2)46(71)79-43-44(72-24(3)60)55(22-59)26(17-50(43,4)5)25-11-12-30-51(6)15-14-32(52(7,21-58)29(51)13-16-53(30,8)54(25,9)18-31(55)61)75-49-41(77-48-38(67)36(65)34(63)28(20-57)74-48)39(68)40(42(78-49)45(69)70)76-47-37(66)35(64)33(62)27(19-56)73-47/h10-11,26-44,47-49,56-59,61-68H,12-22H2,1-9H3,(H,69,70)/t26-,27+,28+,29+,30+,31+,32-,33+,34+,35-,36-,37+,38+,39-,40+,41-,42-,43-,44-,47+,48-,49-,51-,52+,53+,54-,55-/m0/s1. The summed E-state index contributed by atoms with van der Waals surface area (Å²) in [7, 11) is 0. The van der Waals surface area contributed by atoms with Crippen LogP contribution in [0.3, 0.4) is 0 Å². The monoisotopic (exact) mass is 1130 g/mol. The second-order valence-corrected chi connectivity index (χ2v) is 25.5. The van der Waals surface area contributed by atoms with E-state index < -0.39 is 199 Å². The summed E-state index contributed by atoms with van der Waals surface area (Å²) in [6.45, 7) is 14.1. The van der Waals surface area contributed by atoms with Gasteiger partial charge >= 0.3 is 17.9 Å². The molecule has 5 aliphatic carbocycles. The molecule has 24 nitrogen and oxygen atoms in total. The van der Waals surface area contributed by atoms with Gasteiger partial charge in [-0.15, -0.1) is 0 Å². The van der Waals surface area contributed by atoms with E-state index in [0.717, 1.165) is 5.57 Å². The molecule has 0 aromatic carbocycles. The number of carboxylic acids is 1. The van der Waals surface area contributed by atoms with Gasteiger partial charge in [-0.3, -0.25) is 4.79 Å². The molecule has 0 aromatic rings. The lowest BCUT2D eigenvalue weighted by molar-refractivity contribution is -0.392. The summed E-state index contributed by atoms with van der Waals surface area (Å²) in [4.78, 5) is 39.5. The third-order valence-electron chi connectivity index (χ3n) is 21.1. The molecular weight excluding hydrogens is 1040 g/mol. The van der Waals surface area contributed by atoms with Crippen molar-refractivity contribution in [3.63, 3.8) is 0 Å². The van der Waals surface area contributed by atoms with Crippen molar-refractivity contribution in [3.8, 4) is 0 Å². The molecule has 3 aliphatic heterocycles. The average molecular weight is 1130 g/mol. The number of carbonyl (C=O) groups is 3. The molecule has 0 unspecified atom stereocenters. The molecule has 24 heteroatoms. The van der Waals surface area contributed by atoms with Gasteiger partial charge < -0.3 is 104 Å². The first-order valence-corrected chi connectivity index (χ1v) is 27.7. The molecule has 13 N–H and O–H groups in total. The van der Waals surface area contributed by atoms with E-state index in [2.05, 4.69) is 26.8 Å². The van der Waals surface area contributed by atoms with Crippen LogP contribution in [0.5, 0.6) is 0 Å². The molecule has 79 heavy (non-hydrogen) atoms. The number of aliphatic hydroxyl groups is 12. The third kappa shape index (κ3) is 9.94. The van der Waals surface area contributed by atoms with Crippen LogP contribution in [0.4, 0.5) is 0 Å². The topological polar surface area (TPSA) is 388 Å². The zero-order valence-corrected chi connectivity index (χ0v) is 46.4. The van der Waals surface area contributed by atoms with Crippen LogP contribution in [0.2, 0.25) is 0 Å². The van der Waals surface area contributed by atoms with E-state index in [9.17, 15) is 80.8 Å². The van der Waals surface area contributed by atoms with Crippen LogP contribution in [0.25, 0.3) is 0 Å². The Morgan fingerprint density at radius 3 is 1.76 bits per heavy atom. The van der Waals surface area contributed by atoms with Crippen LogP contribution >= 0.6 is 0 Å². The Hall–Kier alpha value is -2.83. The molecule has 0 aromatic heterocycles. The predicted octanol–water partition coefficient (Wildman–Crippen LogP) is -1.32. The number of allylic oxidation sites excluding steroid dienone is 3. The fourth-order valence-electron chi connectivity index (χ4n) is 16.2. The summed E-state index contributed by atoms with van der Waals surface area (Å²) in [6.07, 6.45) is -26.5. The quantitative estimate of drug-likeness (QED) is 0.0415. The van der Waals surface area contributed by atoms with E-state index in [4.69, 9.17) is 37.9 Å². The molecule has 8 aliphatic rings. The van der Waals surface area contributed by atoms with Gasteiger partial charge in [-0.05, 0) is 92.8 Å². The van der Waals surface area contributed by atoms with Crippen molar-refractivity contribution in [2.24, 2.45) is 50.2 Å².